The van der Waals surface area contributed by atoms with Crippen molar-refractivity contribution in [1.29, 1.82) is 0 Å². The van der Waals surface area contributed by atoms with Crippen molar-refractivity contribution in [3.05, 3.63) is 11.8 Å². The minimum Gasteiger partial charge on any atom is -0.381 e. The van der Waals surface area contributed by atoms with Crippen molar-refractivity contribution in [3.63, 3.8) is 0 Å². The highest BCUT2D eigenvalue weighted by Crippen LogP contribution is 2.16. The first kappa shape index (κ1) is 13.5. The average molecular weight is 197 g/mol. The topological polar surface area (TPSA) is 3.24 Å². The lowest BCUT2D eigenvalue weighted by molar-refractivity contribution is 0.446. The quantitative estimate of drug-likeness (QED) is 0.624. The molecule has 0 spiro atoms. The Morgan fingerprint density at radius 2 is 1.71 bits per heavy atom. The van der Waals surface area contributed by atoms with Gasteiger partial charge in [-0.25, -0.2) is 0 Å². The van der Waals surface area contributed by atoms with E-state index in [1.807, 2.05) is 0 Å². The molecular formula is C13H27N. The van der Waals surface area contributed by atoms with E-state index in [2.05, 4.69) is 52.8 Å². The molecule has 1 atom stereocenters. The van der Waals surface area contributed by atoms with Gasteiger partial charge >= 0.3 is 0 Å². The van der Waals surface area contributed by atoms with Gasteiger partial charge in [0.2, 0.25) is 0 Å². The fourth-order valence-corrected chi connectivity index (χ4v) is 1.29. The lowest BCUT2D eigenvalue weighted by atomic mass is 9.96. The zero-order valence-corrected chi connectivity index (χ0v) is 10.8. The largest absolute Gasteiger partial charge is 0.381 e. The van der Waals surface area contributed by atoms with Crippen molar-refractivity contribution in [2.24, 2.45) is 11.8 Å². The maximum absolute atomic E-state index is 2.35. The van der Waals surface area contributed by atoms with Gasteiger partial charge in [0.15, 0.2) is 0 Å². The third kappa shape index (κ3) is 6.99. The van der Waals surface area contributed by atoms with Crippen LogP contribution in [0.2, 0.25) is 0 Å². The third-order valence-corrected chi connectivity index (χ3v) is 2.76. The first-order valence-electron chi connectivity index (χ1n) is 5.77. The second-order valence-corrected chi connectivity index (χ2v) is 5.05. The summed E-state index contributed by atoms with van der Waals surface area (Å²) in [6, 6.07) is 0. The van der Waals surface area contributed by atoms with Crippen LogP contribution < -0.4 is 0 Å². The van der Waals surface area contributed by atoms with Crippen LogP contribution in [0.15, 0.2) is 11.8 Å². The molecule has 0 aromatic carbocycles. The maximum atomic E-state index is 2.35. The molecule has 1 heteroatoms. The van der Waals surface area contributed by atoms with Gasteiger partial charge in [-0.05, 0) is 25.2 Å². The van der Waals surface area contributed by atoms with Crippen LogP contribution in [0.3, 0.4) is 0 Å². The van der Waals surface area contributed by atoms with Gasteiger partial charge in [0.25, 0.3) is 0 Å². The van der Waals surface area contributed by atoms with Crippen molar-refractivity contribution < 1.29 is 0 Å². The highest BCUT2D eigenvalue weighted by atomic mass is 15.1. The zero-order chi connectivity index (χ0) is 11.1. The molecule has 84 valence electrons. The minimum atomic E-state index is 0.826. The molecule has 0 aliphatic rings. The SMILES string of the molecule is C/C(=C\CC(C)CCC(C)C)N(C)C. The monoisotopic (exact) mass is 197 g/mol. The molecule has 0 aromatic heterocycles. The van der Waals surface area contributed by atoms with Crippen LogP contribution >= 0.6 is 0 Å². The Morgan fingerprint density at radius 3 is 2.14 bits per heavy atom. The fraction of sp³-hybridized carbons (Fsp3) is 0.846. The lowest BCUT2D eigenvalue weighted by Gasteiger charge is -2.15. The standard InChI is InChI=1S/C13H27N/c1-11(2)7-8-12(3)9-10-13(4)14(5)6/h10-12H,7-9H2,1-6H3/b13-10+. The summed E-state index contributed by atoms with van der Waals surface area (Å²) in [5, 5.41) is 0. The molecule has 0 N–H and O–H groups in total. The van der Waals surface area contributed by atoms with Crippen LogP contribution in [0.1, 0.15) is 47.0 Å². The molecule has 0 heterocycles. The normalized spacial score (nSPS) is 14.6. The van der Waals surface area contributed by atoms with Crippen LogP contribution in [-0.2, 0) is 0 Å². The first-order valence-corrected chi connectivity index (χ1v) is 5.77. The summed E-state index contributed by atoms with van der Waals surface area (Å²) in [6.45, 7) is 9.12. The maximum Gasteiger partial charge on any atom is 0.00579 e. The predicted octanol–water partition coefficient (Wildman–Crippen LogP) is 3.91. The van der Waals surface area contributed by atoms with E-state index in [4.69, 9.17) is 0 Å². The van der Waals surface area contributed by atoms with Gasteiger partial charge in [-0.2, -0.15) is 0 Å². The summed E-state index contributed by atoms with van der Waals surface area (Å²) < 4.78 is 0. The van der Waals surface area contributed by atoms with Gasteiger partial charge in [0.1, 0.15) is 0 Å². The predicted molar refractivity (Wildman–Crippen MR) is 65.3 cm³/mol. The number of nitrogens with zero attached hydrogens (tertiary/aromatic N) is 1. The molecule has 0 aliphatic carbocycles. The van der Waals surface area contributed by atoms with E-state index < -0.39 is 0 Å². The van der Waals surface area contributed by atoms with Crippen LogP contribution in [0, 0.1) is 11.8 Å². The van der Waals surface area contributed by atoms with E-state index >= 15 is 0 Å². The molecule has 0 amide bonds. The van der Waals surface area contributed by atoms with Crippen molar-refractivity contribution >= 4 is 0 Å². The summed E-state index contributed by atoms with van der Waals surface area (Å²) in [7, 11) is 4.20. The molecule has 0 saturated carbocycles. The highest BCUT2D eigenvalue weighted by molar-refractivity contribution is 4.95. The van der Waals surface area contributed by atoms with Crippen molar-refractivity contribution in [1.82, 2.24) is 4.90 Å². The van der Waals surface area contributed by atoms with E-state index in [1.54, 1.807) is 0 Å². The molecular weight excluding hydrogens is 170 g/mol. The molecule has 0 rings (SSSR count). The summed E-state index contributed by atoms with van der Waals surface area (Å²) in [4.78, 5) is 2.18. The van der Waals surface area contributed by atoms with Crippen LogP contribution in [-0.4, -0.2) is 19.0 Å². The molecule has 0 aromatic rings. The van der Waals surface area contributed by atoms with Crippen LogP contribution in [0.4, 0.5) is 0 Å². The Balaban J connectivity index is 3.72. The molecule has 0 aliphatic heterocycles. The van der Waals surface area contributed by atoms with Gasteiger partial charge in [-0.1, -0.05) is 39.7 Å². The van der Waals surface area contributed by atoms with E-state index in [-0.39, 0.29) is 0 Å². The molecule has 1 nitrogen and oxygen atoms in total. The second kappa shape index (κ2) is 6.92. The highest BCUT2D eigenvalue weighted by Gasteiger charge is 2.02. The van der Waals surface area contributed by atoms with Crippen molar-refractivity contribution in [2.75, 3.05) is 14.1 Å². The first-order chi connectivity index (χ1) is 6.43. The van der Waals surface area contributed by atoms with Crippen molar-refractivity contribution in [3.8, 4) is 0 Å². The van der Waals surface area contributed by atoms with Gasteiger partial charge in [0, 0.05) is 19.8 Å². The molecule has 1 unspecified atom stereocenters. The van der Waals surface area contributed by atoms with Gasteiger partial charge < -0.3 is 4.90 Å². The molecule has 0 fully saturated rings. The van der Waals surface area contributed by atoms with E-state index in [1.165, 1.54) is 25.0 Å². The third-order valence-electron chi connectivity index (χ3n) is 2.76. The number of rotatable bonds is 6. The molecule has 14 heavy (non-hydrogen) atoms. The van der Waals surface area contributed by atoms with Gasteiger partial charge in [-0.3, -0.25) is 0 Å². The Labute approximate surface area is 90.2 Å². The average Bonchev–Trinajstić information content (AvgIpc) is 2.10. The Hall–Kier alpha value is -0.460. The van der Waals surface area contributed by atoms with Crippen LogP contribution in [0.25, 0.3) is 0 Å². The van der Waals surface area contributed by atoms with E-state index in [0.29, 0.717) is 0 Å². The lowest BCUT2D eigenvalue weighted by Crippen LogP contribution is -2.08. The summed E-state index contributed by atoms with van der Waals surface area (Å²) >= 11 is 0. The Kier molecular flexibility index (Phi) is 6.69. The molecule has 0 bridgehead atoms. The number of allylic oxidation sites excluding steroid dienone is 2. The van der Waals surface area contributed by atoms with Gasteiger partial charge in [0.05, 0.1) is 0 Å². The summed E-state index contributed by atoms with van der Waals surface area (Å²) in [6.07, 6.45) is 6.28. The molecule has 0 saturated heterocycles. The Bertz CT molecular complexity index is 168. The molecule has 0 radical (unpaired) electrons. The van der Waals surface area contributed by atoms with Crippen LogP contribution in [0.5, 0.6) is 0 Å². The smallest absolute Gasteiger partial charge is 0.00579 e. The van der Waals surface area contributed by atoms with E-state index in [9.17, 15) is 0 Å². The summed E-state index contributed by atoms with van der Waals surface area (Å²) in [5.41, 5.74) is 1.38. The van der Waals surface area contributed by atoms with Crippen molar-refractivity contribution in [2.45, 2.75) is 47.0 Å². The Morgan fingerprint density at radius 1 is 1.14 bits per heavy atom. The number of hydrogen-bond acceptors (Lipinski definition) is 1. The zero-order valence-electron chi connectivity index (χ0n) is 10.8. The van der Waals surface area contributed by atoms with Gasteiger partial charge in [-0.15, -0.1) is 0 Å². The second-order valence-electron chi connectivity index (χ2n) is 5.05. The minimum absolute atomic E-state index is 0.826. The summed E-state index contributed by atoms with van der Waals surface area (Å²) in [5.74, 6) is 1.67. The fourth-order valence-electron chi connectivity index (χ4n) is 1.29. The van der Waals surface area contributed by atoms with E-state index in [0.717, 1.165) is 11.8 Å². The number of hydrogen-bond donors (Lipinski definition) is 0.